The quantitative estimate of drug-likeness (QED) is 0.505. The van der Waals surface area contributed by atoms with Crippen LogP contribution in [-0.4, -0.2) is 19.2 Å². The van der Waals surface area contributed by atoms with Gasteiger partial charge < -0.3 is 10.1 Å². The van der Waals surface area contributed by atoms with Crippen LogP contribution < -0.4 is 5.32 Å². The SMILES string of the molecule is N#Cc1c(F)cc(C=CCCNC(=O)OCC2c3ccccc3-c3ccccc32)cc1F. The van der Waals surface area contributed by atoms with E-state index in [-0.39, 0.29) is 12.5 Å². The molecule has 3 aromatic rings. The van der Waals surface area contributed by atoms with Crippen molar-refractivity contribution in [2.24, 2.45) is 0 Å². The summed E-state index contributed by atoms with van der Waals surface area (Å²) in [6, 6.07) is 19.9. The molecule has 1 aliphatic rings. The molecule has 0 saturated carbocycles. The smallest absolute Gasteiger partial charge is 0.407 e. The highest BCUT2D eigenvalue weighted by Gasteiger charge is 2.28. The summed E-state index contributed by atoms with van der Waals surface area (Å²) < 4.78 is 32.7. The van der Waals surface area contributed by atoms with E-state index in [1.807, 2.05) is 24.3 Å². The Morgan fingerprint density at radius 1 is 1.03 bits per heavy atom. The number of nitrogens with zero attached hydrogens (tertiary/aromatic N) is 1. The molecule has 0 bridgehead atoms. The Hall–Kier alpha value is -3.98. The Labute approximate surface area is 184 Å². The largest absolute Gasteiger partial charge is 0.449 e. The van der Waals surface area contributed by atoms with E-state index < -0.39 is 23.3 Å². The van der Waals surface area contributed by atoms with Crippen LogP contribution in [0.15, 0.2) is 66.7 Å². The van der Waals surface area contributed by atoms with E-state index in [0.717, 1.165) is 34.4 Å². The van der Waals surface area contributed by atoms with E-state index in [9.17, 15) is 13.6 Å². The van der Waals surface area contributed by atoms with Gasteiger partial charge in [0.05, 0.1) is 0 Å². The molecule has 0 radical (unpaired) electrons. The number of rotatable bonds is 6. The fourth-order valence-electron chi connectivity index (χ4n) is 3.92. The van der Waals surface area contributed by atoms with Gasteiger partial charge in [0.1, 0.15) is 29.9 Å². The van der Waals surface area contributed by atoms with Crippen LogP contribution in [0.25, 0.3) is 17.2 Å². The standard InChI is InChI=1S/C26H20F2N2O2/c27-24-13-17(14-25(28)22(24)15-29)7-5-6-12-30-26(31)32-16-23-20-10-3-1-8-18(20)19-9-2-4-11-21(19)23/h1-5,7-11,13-14,23H,6,12,16H2,(H,30,31). The molecule has 1 amide bonds. The summed E-state index contributed by atoms with van der Waals surface area (Å²) in [5.41, 5.74) is 4.33. The second-order valence-corrected chi connectivity index (χ2v) is 7.41. The number of nitrogens with one attached hydrogen (secondary N) is 1. The van der Waals surface area contributed by atoms with Gasteiger partial charge in [-0.3, -0.25) is 0 Å². The highest BCUT2D eigenvalue weighted by Crippen LogP contribution is 2.44. The van der Waals surface area contributed by atoms with E-state index in [2.05, 4.69) is 29.6 Å². The van der Waals surface area contributed by atoms with Crippen LogP contribution in [0.3, 0.4) is 0 Å². The Balaban J connectivity index is 1.28. The number of carbonyl (C=O) groups excluding carboxylic acids is 1. The number of ether oxygens (including phenoxy) is 1. The molecular formula is C26H20F2N2O2. The van der Waals surface area contributed by atoms with Crippen molar-refractivity contribution in [3.63, 3.8) is 0 Å². The molecular weight excluding hydrogens is 410 g/mol. The molecule has 4 rings (SSSR count). The van der Waals surface area contributed by atoms with Crippen LogP contribution in [-0.2, 0) is 4.74 Å². The second kappa shape index (κ2) is 9.44. The van der Waals surface area contributed by atoms with Crippen LogP contribution >= 0.6 is 0 Å². The van der Waals surface area contributed by atoms with Crippen molar-refractivity contribution in [2.75, 3.05) is 13.2 Å². The molecule has 32 heavy (non-hydrogen) atoms. The number of benzene rings is 3. The van der Waals surface area contributed by atoms with Gasteiger partial charge >= 0.3 is 6.09 Å². The van der Waals surface area contributed by atoms with E-state index in [1.54, 1.807) is 6.08 Å². The first-order valence-corrected chi connectivity index (χ1v) is 10.2. The summed E-state index contributed by atoms with van der Waals surface area (Å²) in [4.78, 5) is 12.1. The third-order valence-corrected chi connectivity index (χ3v) is 5.41. The fraction of sp³-hybridized carbons (Fsp3) is 0.154. The molecule has 0 fully saturated rings. The first-order valence-electron chi connectivity index (χ1n) is 10.2. The number of amides is 1. The molecule has 0 aliphatic heterocycles. The van der Waals surface area contributed by atoms with E-state index in [0.29, 0.717) is 18.5 Å². The first kappa shape index (κ1) is 21.3. The zero-order valence-corrected chi connectivity index (χ0v) is 17.1. The van der Waals surface area contributed by atoms with Crippen molar-refractivity contribution >= 4 is 12.2 Å². The number of nitriles is 1. The number of fused-ring (bicyclic) bond motifs is 3. The Bertz CT molecular complexity index is 1160. The maximum atomic E-state index is 13.6. The average Bonchev–Trinajstić information content (AvgIpc) is 3.11. The number of carbonyl (C=O) groups is 1. The van der Waals surface area contributed by atoms with Gasteiger partial charge in [0.25, 0.3) is 0 Å². The zero-order chi connectivity index (χ0) is 22.5. The molecule has 0 atom stereocenters. The Morgan fingerprint density at radius 2 is 1.62 bits per heavy atom. The van der Waals surface area contributed by atoms with Crippen LogP contribution in [0.2, 0.25) is 0 Å². The number of halogens is 2. The lowest BCUT2D eigenvalue weighted by atomic mass is 9.98. The van der Waals surface area contributed by atoms with Crippen molar-refractivity contribution < 1.29 is 18.3 Å². The summed E-state index contributed by atoms with van der Waals surface area (Å²) in [5, 5.41) is 11.4. The molecule has 3 aromatic carbocycles. The number of hydrogen-bond donors (Lipinski definition) is 1. The highest BCUT2D eigenvalue weighted by atomic mass is 19.1. The Morgan fingerprint density at radius 3 is 2.22 bits per heavy atom. The summed E-state index contributed by atoms with van der Waals surface area (Å²) in [6.45, 7) is 0.550. The van der Waals surface area contributed by atoms with Crippen molar-refractivity contribution in [3.05, 3.63) is 101 Å². The minimum atomic E-state index is -0.899. The van der Waals surface area contributed by atoms with Crippen molar-refractivity contribution in [1.29, 1.82) is 5.26 Å². The minimum Gasteiger partial charge on any atom is -0.449 e. The van der Waals surface area contributed by atoms with Gasteiger partial charge in [0.2, 0.25) is 0 Å². The van der Waals surface area contributed by atoms with Gasteiger partial charge in [-0.05, 0) is 46.4 Å². The summed E-state index contributed by atoms with van der Waals surface area (Å²) in [7, 11) is 0. The van der Waals surface area contributed by atoms with E-state index in [1.165, 1.54) is 12.1 Å². The maximum absolute atomic E-state index is 13.6. The van der Waals surface area contributed by atoms with Gasteiger partial charge in [-0.15, -0.1) is 0 Å². The molecule has 0 aromatic heterocycles. The van der Waals surface area contributed by atoms with Gasteiger partial charge in [-0.2, -0.15) is 5.26 Å². The predicted octanol–water partition coefficient (Wildman–Crippen LogP) is 5.78. The lowest BCUT2D eigenvalue weighted by Gasteiger charge is -2.14. The van der Waals surface area contributed by atoms with Gasteiger partial charge in [0, 0.05) is 12.5 Å². The molecule has 1 N–H and O–H groups in total. The maximum Gasteiger partial charge on any atom is 0.407 e. The van der Waals surface area contributed by atoms with Crippen molar-refractivity contribution in [2.45, 2.75) is 12.3 Å². The summed E-state index contributed by atoms with van der Waals surface area (Å²) >= 11 is 0. The van der Waals surface area contributed by atoms with Crippen molar-refractivity contribution in [1.82, 2.24) is 5.32 Å². The van der Waals surface area contributed by atoms with E-state index >= 15 is 0 Å². The van der Waals surface area contributed by atoms with Gasteiger partial charge in [0.15, 0.2) is 0 Å². The molecule has 4 nitrogen and oxygen atoms in total. The van der Waals surface area contributed by atoms with Gasteiger partial charge in [-0.25, -0.2) is 13.6 Å². The number of hydrogen-bond acceptors (Lipinski definition) is 3. The van der Waals surface area contributed by atoms with Crippen LogP contribution in [0.5, 0.6) is 0 Å². The molecule has 1 aliphatic carbocycles. The normalized spacial score (nSPS) is 12.3. The molecule has 0 heterocycles. The van der Waals surface area contributed by atoms with Crippen LogP contribution in [0.4, 0.5) is 13.6 Å². The topological polar surface area (TPSA) is 62.1 Å². The molecule has 0 saturated heterocycles. The van der Waals surface area contributed by atoms with Crippen molar-refractivity contribution in [3.8, 4) is 17.2 Å². The zero-order valence-electron chi connectivity index (χ0n) is 17.1. The first-order chi connectivity index (χ1) is 15.6. The average molecular weight is 430 g/mol. The third-order valence-electron chi connectivity index (χ3n) is 5.41. The lowest BCUT2D eigenvalue weighted by molar-refractivity contribution is 0.143. The third kappa shape index (κ3) is 4.37. The fourth-order valence-corrected chi connectivity index (χ4v) is 3.92. The van der Waals surface area contributed by atoms with Crippen LogP contribution in [0.1, 0.15) is 34.6 Å². The monoisotopic (exact) mass is 430 g/mol. The number of alkyl carbamates (subject to hydrolysis) is 1. The second-order valence-electron chi connectivity index (χ2n) is 7.41. The highest BCUT2D eigenvalue weighted by molar-refractivity contribution is 5.79. The molecule has 6 heteroatoms. The lowest BCUT2D eigenvalue weighted by Crippen LogP contribution is -2.26. The minimum absolute atomic E-state index is 0.00535. The predicted molar refractivity (Wildman–Crippen MR) is 118 cm³/mol. The van der Waals surface area contributed by atoms with Crippen LogP contribution in [0, 0.1) is 23.0 Å². The summed E-state index contributed by atoms with van der Waals surface area (Å²) in [5.74, 6) is -1.80. The molecule has 0 unspecified atom stereocenters. The van der Waals surface area contributed by atoms with E-state index in [4.69, 9.17) is 10.00 Å². The molecule has 0 spiro atoms. The molecule has 160 valence electrons. The van der Waals surface area contributed by atoms with Gasteiger partial charge in [-0.1, -0.05) is 60.7 Å². The Kier molecular flexibility index (Phi) is 6.27. The summed E-state index contributed by atoms with van der Waals surface area (Å²) in [6.07, 6.45) is 3.15.